The first-order chi connectivity index (χ1) is 10.1. The molecule has 1 aromatic heterocycles. The second-order valence-electron chi connectivity index (χ2n) is 4.66. The molecule has 0 aliphatic carbocycles. The van der Waals surface area contributed by atoms with Gasteiger partial charge in [-0.05, 0) is 31.0 Å². The fraction of sp³-hybridized carbons (Fsp3) is 0.357. The number of nitrogens with zero attached hydrogens (tertiary/aromatic N) is 3. The summed E-state index contributed by atoms with van der Waals surface area (Å²) in [5.41, 5.74) is 1.52. The van der Waals surface area contributed by atoms with Crippen LogP contribution in [-0.4, -0.2) is 36.3 Å². The van der Waals surface area contributed by atoms with Gasteiger partial charge < -0.3 is 15.3 Å². The summed E-state index contributed by atoms with van der Waals surface area (Å²) in [6.45, 7) is 1.83. The summed E-state index contributed by atoms with van der Waals surface area (Å²) in [7, 11) is 0. The molecule has 3 N–H and O–H groups in total. The molecular weight excluding hydrogens is 274 g/mol. The lowest BCUT2D eigenvalue weighted by Gasteiger charge is -2.08. The zero-order valence-corrected chi connectivity index (χ0v) is 11.7. The number of aromatic nitrogens is 3. The van der Waals surface area contributed by atoms with Crippen LogP contribution in [0, 0.1) is 0 Å². The second kappa shape index (κ2) is 6.36. The summed E-state index contributed by atoms with van der Waals surface area (Å²) < 4.78 is 1.51. The molecule has 7 nitrogen and oxygen atoms in total. The number of benzene rings is 1. The van der Waals surface area contributed by atoms with E-state index in [-0.39, 0.29) is 17.9 Å². The molecule has 0 radical (unpaired) electrons. The average Bonchev–Trinajstić information content (AvgIpc) is 2.88. The third-order valence-electron chi connectivity index (χ3n) is 3.22. The number of rotatable bonds is 6. The third kappa shape index (κ3) is 3.03. The molecule has 21 heavy (non-hydrogen) atoms. The highest BCUT2D eigenvalue weighted by Crippen LogP contribution is 2.22. The van der Waals surface area contributed by atoms with E-state index < -0.39 is 5.97 Å². The predicted octanol–water partition coefficient (Wildman–Crippen LogP) is 1.51. The van der Waals surface area contributed by atoms with Crippen LogP contribution in [0.3, 0.4) is 0 Å². The highest BCUT2D eigenvalue weighted by Gasteiger charge is 2.16. The van der Waals surface area contributed by atoms with E-state index in [1.54, 1.807) is 6.07 Å². The van der Waals surface area contributed by atoms with Crippen LogP contribution in [0.15, 0.2) is 18.2 Å². The van der Waals surface area contributed by atoms with Crippen molar-refractivity contribution < 1.29 is 20.1 Å². The molecule has 0 aliphatic heterocycles. The van der Waals surface area contributed by atoms with Gasteiger partial charge in [0.05, 0.1) is 18.0 Å². The van der Waals surface area contributed by atoms with Gasteiger partial charge in [0.15, 0.2) is 0 Å². The van der Waals surface area contributed by atoms with Crippen molar-refractivity contribution in [2.75, 3.05) is 0 Å². The number of phenols is 1. The number of carboxylic acid groups (broad SMARTS) is 1. The van der Waals surface area contributed by atoms with E-state index in [4.69, 9.17) is 5.11 Å². The number of carboxylic acids is 1. The van der Waals surface area contributed by atoms with Crippen molar-refractivity contribution in [3.63, 3.8) is 0 Å². The van der Waals surface area contributed by atoms with Gasteiger partial charge in [0, 0.05) is 0 Å². The lowest BCUT2D eigenvalue weighted by atomic mass is 10.1. The Hall–Kier alpha value is -2.41. The fourth-order valence-electron chi connectivity index (χ4n) is 2.08. The second-order valence-corrected chi connectivity index (χ2v) is 4.66. The molecule has 0 fully saturated rings. The first-order valence-electron chi connectivity index (χ1n) is 6.69. The maximum Gasteiger partial charge on any atom is 0.339 e. The minimum absolute atomic E-state index is 0.199. The van der Waals surface area contributed by atoms with Crippen LogP contribution in [0.2, 0.25) is 0 Å². The van der Waals surface area contributed by atoms with E-state index >= 15 is 0 Å². The molecule has 1 aromatic carbocycles. The Kier molecular flexibility index (Phi) is 4.54. The van der Waals surface area contributed by atoms with Crippen molar-refractivity contribution >= 4 is 5.97 Å². The van der Waals surface area contributed by atoms with Crippen molar-refractivity contribution in [2.45, 2.75) is 32.8 Å². The van der Waals surface area contributed by atoms with Gasteiger partial charge in [0.2, 0.25) is 0 Å². The van der Waals surface area contributed by atoms with Gasteiger partial charge in [-0.25, -0.2) is 9.48 Å². The van der Waals surface area contributed by atoms with E-state index in [1.165, 1.54) is 16.8 Å². The molecular formula is C14H17N3O4. The summed E-state index contributed by atoms with van der Waals surface area (Å²) in [6.07, 6.45) is 2.57. The molecule has 0 saturated carbocycles. The third-order valence-corrected chi connectivity index (χ3v) is 3.22. The molecule has 0 unspecified atom stereocenters. The molecule has 7 heteroatoms. The van der Waals surface area contributed by atoms with Crippen LogP contribution in [0.1, 0.15) is 41.5 Å². The minimum atomic E-state index is -1.22. The highest BCUT2D eigenvalue weighted by molar-refractivity contribution is 5.91. The maximum atomic E-state index is 11.1. The topological polar surface area (TPSA) is 108 Å². The van der Waals surface area contributed by atoms with Gasteiger partial charge in [-0.15, -0.1) is 5.10 Å². The quantitative estimate of drug-likeness (QED) is 0.744. The highest BCUT2D eigenvalue weighted by atomic mass is 16.4. The van der Waals surface area contributed by atoms with Crippen LogP contribution in [0.4, 0.5) is 0 Å². The Morgan fingerprint density at radius 1 is 1.38 bits per heavy atom. The van der Waals surface area contributed by atoms with Gasteiger partial charge in [0.1, 0.15) is 17.0 Å². The van der Waals surface area contributed by atoms with Crippen LogP contribution in [-0.2, 0) is 13.0 Å². The maximum absolute atomic E-state index is 11.1. The number of unbranched alkanes of at least 4 members (excludes halogenated alkanes) is 1. The number of carbonyl (C=O) groups is 1. The SMILES string of the molecule is CCCCc1c(CO)nnn1-c1ccc(O)c(C(=O)O)c1. The lowest BCUT2D eigenvalue weighted by Crippen LogP contribution is -2.06. The Balaban J connectivity index is 2.48. The summed E-state index contributed by atoms with van der Waals surface area (Å²) in [5.74, 6) is -1.52. The van der Waals surface area contributed by atoms with Gasteiger partial charge in [-0.1, -0.05) is 18.6 Å². The van der Waals surface area contributed by atoms with Crippen molar-refractivity contribution in [2.24, 2.45) is 0 Å². The number of aliphatic hydroxyl groups excluding tert-OH is 1. The molecule has 0 saturated heterocycles. The lowest BCUT2D eigenvalue weighted by molar-refractivity contribution is 0.0693. The van der Waals surface area contributed by atoms with Crippen molar-refractivity contribution in [1.29, 1.82) is 0 Å². The van der Waals surface area contributed by atoms with E-state index in [0.717, 1.165) is 18.5 Å². The minimum Gasteiger partial charge on any atom is -0.507 e. The predicted molar refractivity (Wildman–Crippen MR) is 74.5 cm³/mol. The largest absolute Gasteiger partial charge is 0.507 e. The number of hydrogen-bond donors (Lipinski definition) is 3. The standard InChI is InChI=1S/C14H17N3O4/c1-2-3-4-12-11(8-18)15-16-17(12)9-5-6-13(19)10(7-9)14(20)21/h5-7,18-19H,2-4,8H2,1H3,(H,20,21). The van der Waals surface area contributed by atoms with Crippen LogP contribution in [0.5, 0.6) is 5.75 Å². The van der Waals surface area contributed by atoms with Crippen molar-refractivity contribution in [3.05, 3.63) is 35.2 Å². The van der Waals surface area contributed by atoms with E-state index in [0.29, 0.717) is 17.8 Å². The van der Waals surface area contributed by atoms with Crippen LogP contribution >= 0.6 is 0 Å². The summed E-state index contributed by atoms with van der Waals surface area (Å²) in [6, 6.07) is 4.21. The van der Waals surface area contributed by atoms with E-state index in [1.807, 2.05) is 0 Å². The zero-order valence-electron chi connectivity index (χ0n) is 11.7. The normalized spacial score (nSPS) is 10.8. The van der Waals surface area contributed by atoms with Crippen molar-refractivity contribution in [1.82, 2.24) is 15.0 Å². The molecule has 0 amide bonds. The summed E-state index contributed by atoms with van der Waals surface area (Å²) >= 11 is 0. The molecule has 0 bridgehead atoms. The zero-order chi connectivity index (χ0) is 15.4. The first kappa shape index (κ1) is 15.0. The number of aliphatic hydroxyl groups is 1. The summed E-state index contributed by atoms with van der Waals surface area (Å²) in [5, 5.41) is 35.8. The van der Waals surface area contributed by atoms with E-state index in [2.05, 4.69) is 17.2 Å². The summed E-state index contributed by atoms with van der Waals surface area (Å²) in [4.78, 5) is 11.1. The van der Waals surface area contributed by atoms with Gasteiger partial charge in [-0.2, -0.15) is 0 Å². The van der Waals surface area contributed by atoms with Crippen LogP contribution in [0.25, 0.3) is 5.69 Å². The number of aromatic hydroxyl groups is 1. The van der Waals surface area contributed by atoms with Gasteiger partial charge in [0.25, 0.3) is 0 Å². The number of aromatic carboxylic acids is 1. The molecule has 0 spiro atoms. The fourth-order valence-corrected chi connectivity index (χ4v) is 2.08. The monoisotopic (exact) mass is 291 g/mol. The molecule has 2 aromatic rings. The van der Waals surface area contributed by atoms with Crippen LogP contribution < -0.4 is 0 Å². The van der Waals surface area contributed by atoms with Gasteiger partial charge >= 0.3 is 5.97 Å². The Morgan fingerprint density at radius 2 is 2.14 bits per heavy atom. The molecule has 112 valence electrons. The Morgan fingerprint density at radius 3 is 2.76 bits per heavy atom. The van der Waals surface area contributed by atoms with E-state index in [9.17, 15) is 15.0 Å². The van der Waals surface area contributed by atoms with Crippen molar-refractivity contribution in [3.8, 4) is 11.4 Å². The Labute approximate surface area is 121 Å². The molecule has 1 heterocycles. The molecule has 2 rings (SSSR count). The molecule has 0 atom stereocenters. The average molecular weight is 291 g/mol. The first-order valence-corrected chi connectivity index (χ1v) is 6.69. The number of hydrogen-bond acceptors (Lipinski definition) is 5. The Bertz CT molecular complexity index is 652. The molecule has 0 aliphatic rings. The van der Waals surface area contributed by atoms with Gasteiger partial charge in [-0.3, -0.25) is 0 Å². The smallest absolute Gasteiger partial charge is 0.339 e.